The molecule has 0 aliphatic rings. The third-order valence-electron chi connectivity index (χ3n) is 7.93. The lowest BCUT2D eigenvalue weighted by molar-refractivity contribution is -0.679. The van der Waals surface area contributed by atoms with Gasteiger partial charge in [-0.25, -0.2) is 4.57 Å². The van der Waals surface area contributed by atoms with Gasteiger partial charge in [-0.2, -0.15) is 0 Å². The van der Waals surface area contributed by atoms with E-state index in [0.29, 0.717) is 28.5 Å². The maximum Gasteiger partial charge on any atom is 0.261 e. The highest BCUT2D eigenvalue weighted by Crippen LogP contribution is 2.27. The molecule has 240 valence electrons. The first-order valence-electron chi connectivity index (χ1n) is 16.3. The van der Waals surface area contributed by atoms with Gasteiger partial charge >= 0.3 is 0 Å². The predicted octanol–water partition coefficient (Wildman–Crippen LogP) is 6.51. The summed E-state index contributed by atoms with van der Waals surface area (Å²) >= 11 is 6.54. The fraction of sp³-hybridized carbons (Fsp3) is 0.486. The molecule has 0 radical (unpaired) electrons. The number of aromatic nitrogens is 1. The van der Waals surface area contributed by atoms with Gasteiger partial charge in [-0.1, -0.05) is 126 Å². The Balaban J connectivity index is 0.00000675. The summed E-state index contributed by atoms with van der Waals surface area (Å²) in [6, 6.07) is 19.6. The van der Waals surface area contributed by atoms with Crippen molar-refractivity contribution in [3.05, 3.63) is 94.8 Å². The van der Waals surface area contributed by atoms with Crippen LogP contribution in [0.5, 0.6) is 5.75 Å². The van der Waals surface area contributed by atoms with E-state index in [2.05, 4.69) is 6.92 Å². The first-order valence-corrected chi connectivity index (χ1v) is 16.7. The molecule has 0 spiro atoms. The van der Waals surface area contributed by atoms with E-state index in [4.69, 9.17) is 16.3 Å². The quantitative estimate of drug-likeness (QED) is 0.0577. The van der Waals surface area contributed by atoms with Crippen LogP contribution in [0.4, 0.5) is 0 Å². The van der Waals surface area contributed by atoms with Crippen LogP contribution in [0.25, 0.3) is 0 Å². The molecule has 7 heteroatoms. The van der Waals surface area contributed by atoms with Crippen molar-refractivity contribution in [1.29, 1.82) is 0 Å². The van der Waals surface area contributed by atoms with Gasteiger partial charge in [0.2, 0.25) is 5.69 Å². The number of hydrogen-bond acceptors (Lipinski definition) is 3. The molecular formula is C37H50ClIN2O3. The average Bonchev–Trinajstić information content (AvgIpc) is 3.03. The monoisotopic (exact) mass is 732 g/mol. The van der Waals surface area contributed by atoms with Crippen LogP contribution in [0.15, 0.2) is 72.9 Å². The molecule has 2 amide bonds. The van der Waals surface area contributed by atoms with Crippen molar-refractivity contribution in [3.63, 3.8) is 0 Å². The van der Waals surface area contributed by atoms with Gasteiger partial charge < -0.3 is 28.7 Å². The molecule has 0 unspecified atom stereocenters. The lowest BCUT2D eigenvalue weighted by Gasteiger charge is -2.20. The zero-order chi connectivity index (χ0) is 30.7. The van der Waals surface area contributed by atoms with Crippen molar-refractivity contribution in [2.75, 3.05) is 6.61 Å². The van der Waals surface area contributed by atoms with Gasteiger partial charge in [-0.15, -0.1) is 0 Å². The molecule has 1 heterocycles. The lowest BCUT2D eigenvalue weighted by atomic mass is 10.0. The molecule has 3 rings (SSSR count). The second kappa shape index (κ2) is 22.1. The molecule has 44 heavy (non-hydrogen) atoms. The summed E-state index contributed by atoms with van der Waals surface area (Å²) in [5, 5.41) is 0.369. The Kier molecular flexibility index (Phi) is 19.0. The van der Waals surface area contributed by atoms with E-state index in [1.54, 1.807) is 42.5 Å². The third-order valence-corrected chi connectivity index (χ3v) is 8.22. The molecule has 3 aromatic rings. The molecule has 0 aliphatic carbocycles. The fourth-order valence-electron chi connectivity index (χ4n) is 5.24. The summed E-state index contributed by atoms with van der Waals surface area (Å²) in [6.07, 6.45) is 20.3. The minimum atomic E-state index is -0.405. The number of aryl methyl sites for hydroxylation is 1. The zero-order valence-corrected chi connectivity index (χ0v) is 29.5. The lowest BCUT2D eigenvalue weighted by Crippen LogP contribution is -3.00. The third kappa shape index (κ3) is 13.3. The van der Waals surface area contributed by atoms with Gasteiger partial charge in [0.15, 0.2) is 6.20 Å². The van der Waals surface area contributed by atoms with Gasteiger partial charge in [-0.3, -0.25) is 14.5 Å². The molecule has 0 fully saturated rings. The van der Waals surface area contributed by atoms with Crippen LogP contribution in [0.3, 0.4) is 0 Å². The molecule has 1 aromatic heterocycles. The van der Waals surface area contributed by atoms with Crippen LogP contribution in [-0.4, -0.2) is 23.3 Å². The number of unbranched alkanes of at least 4 members (excludes halogenated alkanes) is 13. The number of hydrogen-bond donors (Lipinski definition) is 0. The molecule has 0 saturated carbocycles. The SMILES string of the molecule is CCCCCCCCCCCCCCCCOc1ccc(C(=O)N(Cc2cccc[n+]2C)C(=O)c2ccccc2)cc1Cl.[I-]. The van der Waals surface area contributed by atoms with Gasteiger partial charge in [0.25, 0.3) is 11.8 Å². The minimum absolute atomic E-state index is 0. The van der Waals surface area contributed by atoms with Crippen molar-refractivity contribution in [3.8, 4) is 5.75 Å². The van der Waals surface area contributed by atoms with Gasteiger partial charge in [0, 0.05) is 23.3 Å². The minimum Gasteiger partial charge on any atom is -1.00 e. The Labute approximate surface area is 287 Å². The standard InChI is InChI=1S/C37H50ClN2O3.HI/c1-3-4-5-6-7-8-9-10-11-12-13-14-15-21-28-43-35-26-25-32(29-34(35)38)37(42)40(30-33-24-19-20-27-39(33)2)36(41)31-22-17-16-18-23-31;/h16-20,22-27,29H,3-15,21,28,30H2,1-2H3;1H/q+1;/p-1. The molecule has 5 nitrogen and oxygen atoms in total. The largest absolute Gasteiger partial charge is 1.00 e. The van der Waals surface area contributed by atoms with Crippen LogP contribution in [0, 0.1) is 0 Å². The number of carbonyl (C=O) groups is 2. The number of imide groups is 1. The van der Waals surface area contributed by atoms with Crippen molar-refractivity contribution in [2.45, 2.75) is 103 Å². The summed E-state index contributed by atoms with van der Waals surface area (Å²) in [6.45, 7) is 3.00. The Morgan fingerprint density at radius 2 is 1.25 bits per heavy atom. The maximum absolute atomic E-state index is 13.6. The molecule has 0 N–H and O–H groups in total. The first kappa shape index (κ1) is 37.7. The first-order chi connectivity index (χ1) is 21.0. The summed E-state index contributed by atoms with van der Waals surface area (Å²) in [7, 11) is 1.89. The second-order valence-electron chi connectivity index (χ2n) is 11.5. The number of pyridine rings is 1. The van der Waals surface area contributed by atoms with Crippen molar-refractivity contribution in [1.82, 2.24) is 4.90 Å². The number of benzene rings is 2. The van der Waals surface area contributed by atoms with E-state index in [9.17, 15) is 9.59 Å². The number of carbonyl (C=O) groups excluding carboxylic acids is 2. The summed E-state index contributed by atoms with van der Waals surface area (Å²) in [5.41, 5.74) is 1.63. The van der Waals surface area contributed by atoms with Gasteiger partial charge in [0.1, 0.15) is 19.3 Å². The molecule has 0 bridgehead atoms. The van der Waals surface area contributed by atoms with Gasteiger partial charge in [-0.05, 0) is 36.8 Å². The molecular weight excluding hydrogens is 683 g/mol. The highest BCUT2D eigenvalue weighted by Gasteiger charge is 2.27. The van der Waals surface area contributed by atoms with Crippen molar-refractivity contribution in [2.24, 2.45) is 7.05 Å². The Morgan fingerprint density at radius 3 is 1.82 bits per heavy atom. The second-order valence-corrected chi connectivity index (χ2v) is 11.9. The number of rotatable bonds is 20. The summed E-state index contributed by atoms with van der Waals surface area (Å²) < 4.78 is 7.84. The number of amides is 2. The Bertz CT molecular complexity index is 1250. The van der Waals surface area contributed by atoms with Crippen molar-refractivity contribution < 1.29 is 42.9 Å². The van der Waals surface area contributed by atoms with Crippen LogP contribution >= 0.6 is 11.6 Å². The summed E-state index contributed by atoms with van der Waals surface area (Å²) in [5.74, 6) is -0.204. The predicted molar refractivity (Wildman–Crippen MR) is 176 cm³/mol. The van der Waals surface area contributed by atoms with E-state index >= 15 is 0 Å². The van der Waals surface area contributed by atoms with Gasteiger partial charge in [0.05, 0.1) is 11.6 Å². The highest BCUT2D eigenvalue weighted by molar-refractivity contribution is 6.32. The molecule has 0 atom stereocenters. The van der Waals surface area contributed by atoms with E-state index < -0.39 is 5.91 Å². The maximum atomic E-state index is 13.6. The normalized spacial score (nSPS) is 10.7. The number of halogens is 2. The Morgan fingerprint density at radius 1 is 0.705 bits per heavy atom. The highest BCUT2D eigenvalue weighted by atomic mass is 127. The zero-order valence-electron chi connectivity index (χ0n) is 26.6. The topological polar surface area (TPSA) is 50.5 Å². The number of nitrogens with zero attached hydrogens (tertiary/aromatic N) is 2. The van der Waals surface area contributed by atoms with Crippen LogP contribution < -0.4 is 33.3 Å². The molecule has 0 aliphatic heterocycles. The van der Waals surface area contributed by atoms with E-state index in [1.807, 2.05) is 42.1 Å². The van der Waals surface area contributed by atoms with Crippen LogP contribution in [0.1, 0.15) is 123 Å². The van der Waals surface area contributed by atoms with Crippen molar-refractivity contribution >= 4 is 23.4 Å². The van der Waals surface area contributed by atoms with Crippen LogP contribution in [0.2, 0.25) is 5.02 Å². The van der Waals surface area contributed by atoms with E-state index in [1.165, 1.54) is 81.9 Å². The Hall–Kier alpha value is -2.45. The number of ether oxygens (including phenoxy) is 1. The molecule has 0 saturated heterocycles. The fourth-order valence-corrected chi connectivity index (χ4v) is 5.48. The molecule has 2 aromatic carbocycles. The smallest absolute Gasteiger partial charge is 0.261 e. The average molecular weight is 733 g/mol. The summed E-state index contributed by atoms with van der Waals surface area (Å²) in [4.78, 5) is 28.3. The van der Waals surface area contributed by atoms with E-state index in [0.717, 1.165) is 18.5 Å². The van der Waals surface area contributed by atoms with E-state index in [-0.39, 0.29) is 36.4 Å². The van der Waals surface area contributed by atoms with Crippen LogP contribution in [-0.2, 0) is 13.6 Å².